The van der Waals surface area contributed by atoms with Gasteiger partial charge < -0.3 is 4.18 Å². The lowest BCUT2D eigenvalue weighted by Gasteiger charge is -2.13. The first kappa shape index (κ1) is 18.6. The van der Waals surface area contributed by atoms with Gasteiger partial charge in [0, 0.05) is 10.6 Å². The van der Waals surface area contributed by atoms with Crippen LogP contribution in [0.15, 0.2) is 48.5 Å². The monoisotopic (exact) mass is 414 g/mol. The minimum Gasteiger partial charge on any atom is -0.361 e. The van der Waals surface area contributed by atoms with Crippen LogP contribution in [-0.2, 0) is 14.6 Å². The lowest BCUT2D eigenvalue weighted by atomic mass is 10.1. The highest BCUT2D eigenvalue weighted by Gasteiger charge is 2.26. The first-order valence-corrected chi connectivity index (χ1v) is 9.01. The van der Waals surface area contributed by atoms with Crippen molar-refractivity contribution in [3.05, 3.63) is 53.6 Å². The molecule has 0 aromatic heterocycles. The van der Waals surface area contributed by atoms with E-state index in [-0.39, 0.29) is 5.75 Å². The molecular weight excluding hydrogens is 406 g/mol. The third kappa shape index (κ3) is 6.03. The van der Waals surface area contributed by atoms with E-state index in [9.17, 15) is 8.42 Å². The number of alkyl halides is 3. The van der Waals surface area contributed by atoms with Gasteiger partial charge in [-0.15, -0.1) is 0 Å². The first-order chi connectivity index (χ1) is 10.7. The van der Waals surface area contributed by atoms with E-state index >= 15 is 0 Å². The Morgan fingerprint density at radius 1 is 0.957 bits per heavy atom. The predicted octanol–water partition coefficient (Wildman–Crippen LogP) is 5.02. The zero-order chi connectivity index (χ0) is 17.1. The molecule has 0 aliphatic heterocycles. The van der Waals surface area contributed by atoms with Gasteiger partial charge in [0.1, 0.15) is 6.61 Å². The van der Waals surface area contributed by atoms with Gasteiger partial charge in [-0.1, -0.05) is 76.7 Å². The highest BCUT2D eigenvalue weighted by molar-refractivity contribution is 7.82. The Balaban J connectivity index is 2.25. The fourth-order valence-electron chi connectivity index (χ4n) is 1.68. The molecule has 0 bridgehead atoms. The summed E-state index contributed by atoms with van der Waals surface area (Å²) in [5, 5.41) is 0.561. The Kier molecular flexibility index (Phi) is 6.05. The van der Waals surface area contributed by atoms with Gasteiger partial charge >= 0.3 is 10.4 Å². The Bertz CT molecular complexity index is 770. The summed E-state index contributed by atoms with van der Waals surface area (Å²) in [6.07, 6.45) is 0. The van der Waals surface area contributed by atoms with E-state index in [4.69, 9.17) is 50.6 Å². The smallest absolute Gasteiger partial charge is 0.361 e. The van der Waals surface area contributed by atoms with Crippen LogP contribution in [0.4, 0.5) is 0 Å². The van der Waals surface area contributed by atoms with Gasteiger partial charge in [0.2, 0.25) is 3.79 Å². The van der Waals surface area contributed by atoms with Gasteiger partial charge in [0.25, 0.3) is 0 Å². The summed E-state index contributed by atoms with van der Waals surface area (Å²) in [7, 11) is -4.39. The van der Waals surface area contributed by atoms with Gasteiger partial charge in [-0.2, -0.15) is 8.42 Å². The van der Waals surface area contributed by atoms with Crippen molar-refractivity contribution in [2.75, 3.05) is 6.61 Å². The van der Waals surface area contributed by atoms with Crippen molar-refractivity contribution in [1.82, 2.24) is 0 Å². The lowest BCUT2D eigenvalue weighted by Crippen LogP contribution is -2.21. The number of hydrogen-bond acceptors (Lipinski definition) is 4. The zero-order valence-electron chi connectivity index (χ0n) is 11.4. The van der Waals surface area contributed by atoms with Crippen LogP contribution in [0.5, 0.6) is 5.75 Å². The number of para-hydroxylation sites is 1. The Labute approximate surface area is 154 Å². The molecule has 0 aliphatic rings. The van der Waals surface area contributed by atoms with Gasteiger partial charge in [-0.3, -0.25) is 0 Å². The number of benzene rings is 2. The third-order valence-electron chi connectivity index (χ3n) is 2.60. The van der Waals surface area contributed by atoms with E-state index in [1.165, 1.54) is 6.07 Å². The average molecular weight is 416 g/mol. The topological polar surface area (TPSA) is 52.6 Å². The van der Waals surface area contributed by atoms with E-state index in [0.29, 0.717) is 10.6 Å². The second kappa shape index (κ2) is 7.47. The quantitative estimate of drug-likeness (QED) is 0.643. The average Bonchev–Trinajstić information content (AvgIpc) is 2.46. The van der Waals surface area contributed by atoms with Crippen LogP contribution in [-0.4, -0.2) is 18.8 Å². The molecule has 0 atom stereocenters. The standard InChI is InChI=1S/C14H10Cl4O4S/c15-11-7-5-10(6-8-11)12-3-1-2-4-13(12)22-23(19,20)21-9-14(16,17)18/h1-8H,9H2. The van der Waals surface area contributed by atoms with Crippen molar-refractivity contribution >= 4 is 56.8 Å². The maximum absolute atomic E-state index is 11.8. The molecule has 0 heterocycles. The Morgan fingerprint density at radius 3 is 2.17 bits per heavy atom. The Hall–Kier alpha value is -0.690. The van der Waals surface area contributed by atoms with Crippen molar-refractivity contribution in [1.29, 1.82) is 0 Å². The molecule has 0 radical (unpaired) electrons. The number of rotatable bonds is 5. The van der Waals surface area contributed by atoms with Crippen LogP contribution in [0.1, 0.15) is 0 Å². The van der Waals surface area contributed by atoms with Crippen molar-refractivity contribution in [3.8, 4) is 16.9 Å². The molecule has 0 saturated heterocycles. The molecule has 9 heteroatoms. The van der Waals surface area contributed by atoms with E-state index in [1.807, 2.05) is 0 Å². The van der Waals surface area contributed by atoms with Gasteiger partial charge in [-0.25, -0.2) is 4.18 Å². The van der Waals surface area contributed by atoms with Crippen LogP contribution in [0.2, 0.25) is 5.02 Å². The van der Waals surface area contributed by atoms with Crippen molar-refractivity contribution in [2.45, 2.75) is 3.79 Å². The van der Waals surface area contributed by atoms with Crippen molar-refractivity contribution in [2.24, 2.45) is 0 Å². The number of halogens is 4. The molecular formula is C14H10Cl4O4S. The first-order valence-electron chi connectivity index (χ1n) is 6.17. The molecule has 0 saturated carbocycles. The summed E-state index contributed by atoms with van der Waals surface area (Å²) >= 11 is 22.2. The number of hydrogen-bond donors (Lipinski definition) is 0. The molecule has 0 aliphatic carbocycles. The van der Waals surface area contributed by atoms with Gasteiger partial charge in [-0.05, 0) is 23.8 Å². The minimum absolute atomic E-state index is 0.0825. The molecule has 2 aromatic carbocycles. The van der Waals surface area contributed by atoms with Crippen LogP contribution in [0.3, 0.4) is 0 Å². The summed E-state index contributed by atoms with van der Waals surface area (Å²) in [5.41, 5.74) is 1.27. The van der Waals surface area contributed by atoms with Crippen LogP contribution in [0.25, 0.3) is 11.1 Å². The van der Waals surface area contributed by atoms with E-state index in [2.05, 4.69) is 4.18 Å². The van der Waals surface area contributed by atoms with E-state index in [1.54, 1.807) is 42.5 Å². The maximum atomic E-state index is 11.8. The van der Waals surface area contributed by atoms with Crippen molar-refractivity contribution < 1.29 is 16.8 Å². The summed E-state index contributed by atoms with van der Waals surface area (Å²) in [6, 6.07) is 13.4. The molecule has 0 fully saturated rings. The zero-order valence-corrected chi connectivity index (χ0v) is 15.2. The van der Waals surface area contributed by atoms with Crippen LogP contribution < -0.4 is 4.18 Å². The minimum atomic E-state index is -4.39. The molecule has 0 N–H and O–H groups in total. The third-order valence-corrected chi connectivity index (χ3v) is 3.97. The Morgan fingerprint density at radius 2 is 1.57 bits per heavy atom. The molecule has 2 aromatic rings. The maximum Gasteiger partial charge on any atom is 0.449 e. The van der Waals surface area contributed by atoms with E-state index < -0.39 is 20.8 Å². The summed E-state index contributed by atoms with van der Waals surface area (Å²) < 4.78 is 31.3. The normalized spacial score (nSPS) is 12.2. The molecule has 0 unspecified atom stereocenters. The van der Waals surface area contributed by atoms with Crippen LogP contribution >= 0.6 is 46.4 Å². The molecule has 2 rings (SSSR count). The molecule has 0 amide bonds. The second-order valence-electron chi connectivity index (χ2n) is 4.37. The van der Waals surface area contributed by atoms with Gasteiger partial charge in [0.15, 0.2) is 5.75 Å². The largest absolute Gasteiger partial charge is 0.449 e. The lowest BCUT2D eigenvalue weighted by molar-refractivity contribution is 0.279. The summed E-state index contributed by atoms with van der Waals surface area (Å²) in [4.78, 5) is 0. The molecule has 124 valence electrons. The highest BCUT2D eigenvalue weighted by Crippen LogP contribution is 2.32. The fourth-order valence-corrected chi connectivity index (χ4v) is 2.90. The SMILES string of the molecule is O=S(=O)(OCC(Cl)(Cl)Cl)Oc1ccccc1-c1ccc(Cl)cc1. The van der Waals surface area contributed by atoms with E-state index in [0.717, 1.165) is 5.56 Å². The van der Waals surface area contributed by atoms with Crippen molar-refractivity contribution in [3.63, 3.8) is 0 Å². The predicted molar refractivity (Wildman–Crippen MR) is 92.7 cm³/mol. The summed E-state index contributed by atoms with van der Waals surface area (Å²) in [6.45, 7) is -0.664. The van der Waals surface area contributed by atoms with Gasteiger partial charge in [0.05, 0.1) is 0 Å². The molecule has 4 nitrogen and oxygen atoms in total. The van der Waals surface area contributed by atoms with Crippen LogP contribution in [0, 0.1) is 0 Å². The molecule has 23 heavy (non-hydrogen) atoms. The highest BCUT2D eigenvalue weighted by atomic mass is 35.6. The fraction of sp³-hybridized carbons (Fsp3) is 0.143. The molecule has 0 spiro atoms. The summed E-state index contributed by atoms with van der Waals surface area (Å²) in [5.74, 6) is 0.0825. The second-order valence-corrected chi connectivity index (χ2v) is 8.54.